The molecule has 2 rings (SSSR count). The van der Waals surface area contributed by atoms with E-state index in [0.717, 1.165) is 10.0 Å². The van der Waals surface area contributed by atoms with Crippen molar-refractivity contribution < 1.29 is 9.90 Å². The van der Waals surface area contributed by atoms with E-state index in [-0.39, 0.29) is 4.88 Å². The first-order valence-corrected chi connectivity index (χ1v) is 5.73. The second kappa shape index (κ2) is 4.12. The molecule has 0 fully saturated rings. The van der Waals surface area contributed by atoms with Crippen LogP contribution in [0.25, 0.3) is 10.6 Å². The lowest BCUT2D eigenvalue weighted by molar-refractivity contribution is 0.0702. The fourth-order valence-electron chi connectivity index (χ4n) is 1.13. The van der Waals surface area contributed by atoms with Gasteiger partial charge in [-0.3, -0.25) is 0 Å². The van der Waals surface area contributed by atoms with Crippen molar-refractivity contribution in [2.24, 2.45) is 0 Å². The zero-order valence-corrected chi connectivity index (χ0v) is 9.88. The van der Waals surface area contributed by atoms with E-state index in [2.05, 4.69) is 20.9 Å². The number of halogens is 1. The van der Waals surface area contributed by atoms with E-state index in [1.54, 1.807) is 0 Å². The maximum absolute atomic E-state index is 10.7. The summed E-state index contributed by atoms with van der Waals surface area (Å²) >= 11 is 4.57. The fourth-order valence-corrected chi connectivity index (χ4v) is 2.53. The molecule has 0 aliphatic heterocycles. The van der Waals surface area contributed by atoms with Crippen LogP contribution in [0.15, 0.2) is 34.9 Å². The van der Waals surface area contributed by atoms with Crippen LogP contribution in [0.2, 0.25) is 0 Å². The third-order valence-electron chi connectivity index (χ3n) is 1.82. The lowest BCUT2D eigenvalue weighted by Crippen LogP contribution is -1.89. The lowest BCUT2D eigenvalue weighted by Gasteiger charge is -1.97. The first-order valence-electron chi connectivity index (χ1n) is 4.12. The van der Waals surface area contributed by atoms with Crippen LogP contribution in [-0.4, -0.2) is 16.1 Å². The Kier molecular flexibility index (Phi) is 2.83. The SMILES string of the molecule is O=C(O)c1cnc(-c2ccccc2Br)s1. The average Bonchev–Trinajstić information content (AvgIpc) is 2.67. The Balaban J connectivity index is 2.46. The average molecular weight is 284 g/mol. The van der Waals surface area contributed by atoms with Crippen molar-refractivity contribution in [2.75, 3.05) is 0 Å². The number of nitrogens with zero attached hydrogens (tertiary/aromatic N) is 1. The minimum absolute atomic E-state index is 0.251. The minimum atomic E-state index is -0.939. The monoisotopic (exact) mass is 283 g/mol. The van der Waals surface area contributed by atoms with E-state index in [1.165, 1.54) is 17.5 Å². The quantitative estimate of drug-likeness (QED) is 0.920. The number of benzene rings is 1. The molecule has 0 aliphatic rings. The molecule has 1 heterocycles. The van der Waals surface area contributed by atoms with E-state index in [9.17, 15) is 4.79 Å². The molecule has 5 heteroatoms. The standard InChI is InChI=1S/C10H6BrNO2S/c11-7-4-2-1-3-6(7)9-12-5-8(15-9)10(13)14/h1-5H,(H,13,14). The van der Waals surface area contributed by atoms with Gasteiger partial charge < -0.3 is 5.11 Å². The maximum Gasteiger partial charge on any atom is 0.347 e. The third kappa shape index (κ3) is 2.08. The predicted molar refractivity (Wildman–Crippen MR) is 62.2 cm³/mol. The van der Waals surface area contributed by atoms with Gasteiger partial charge >= 0.3 is 5.97 Å². The molecule has 0 aliphatic carbocycles. The number of aromatic nitrogens is 1. The molecule has 0 amide bonds. The Morgan fingerprint density at radius 1 is 1.40 bits per heavy atom. The summed E-state index contributed by atoms with van der Waals surface area (Å²) in [7, 11) is 0. The molecule has 1 aromatic carbocycles. The van der Waals surface area contributed by atoms with E-state index in [4.69, 9.17) is 5.11 Å². The molecule has 15 heavy (non-hydrogen) atoms. The maximum atomic E-state index is 10.7. The molecule has 0 atom stereocenters. The summed E-state index contributed by atoms with van der Waals surface area (Å²) < 4.78 is 0.913. The molecule has 0 saturated heterocycles. The Morgan fingerprint density at radius 2 is 2.13 bits per heavy atom. The summed E-state index contributed by atoms with van der Waals surface area (Å²) in [6.45, 7) is 0. The van der Waals surface area contributed by atoms with Crippen LogP contribution in [0.5, 0.6) is 0 Å². The van der Waals surface area contributed by atoms with Crippen LogP contribution >= 0.6 is 27.3 Å². The van der Waals surface area contributed by atoms with Gasteiger partial charge in [-0.05, 0) is 6.07 Å². The fraction of sp³-hybridized carbons (Fsp3) is 0. The van der Waals surface area contributed by atoms with Crippen LogP contribution in [0, 0.1) is 0 Å². The Hall–Kier alpha value is -1.20. The molecule has 2 aromatic rings. The smallest absolute Gasteiger partial charge is 0.347 e. The largest absolute Gasteiger partial charge is 0.477 e. The molecular weight excluding hydrogens is 278 g/mol. The molecule has 3 nitrogen and oxygen atoms in total. The van der Waals surface area contributed by atoms with Crippen LogP contribution in [0.3, 0.4) is 0 Å². The lowest BCUT2D eigenvalue weighted by atomic mass is 10.2. The second-order valence-electron chi connectivity index (χ2n) is 2.81. The van der Waals surface area contributed by atoms with Gasteiger partial charge in [-0.25, -0.2) is 9.78 Å². The van der Waals surface area contributed by atoms with Gasteiger partial charge in [0.15, 0.2) is 0 Å². The molecule has 0 spiro atoms. The molecule has 0 unspecified atom stereocenters. The molecule has 1 aromatic heterocycles. The molecule has 0 bridgehead atoms. The number of hydrogen-bond donors (Lipinski definition) is 1. The number of carboxylic acids is 1. The molecule has 0 radical (unpaired) electrons. The Morgan fingerprint density at radius 3 is 2.73 bits per heavy atom. The minimum Gasteiger partial charge on any atom is -0.477 e. The van der Waals surface area contributed by atoms with Crippen molar-refractivity contribution in [3.05, 3.63) is 39.8 Å². The van der Waals surface area contributed by atoms with Gasteiger partial charge in [0, 0.05) is 10.0 Å². The van der Waals surface area contributed by atoms with Crippen molar-refractivity contribution in [3.8, 4) is 10.6 Å². The van der Waals surface area contributed by atoms with Crippen molar-refractivity contribution in [1.82, 2.24) is 4.98 Å². The zero-order valence-electron chi connectivity index (χ0n) is 7.48. The number of hydrogen-bond acceptors (Lipinski definition) is 3. The highest BCUT2D eigenvalue weighted by atomic mass is 79.9. The number of carboxylic acid groups (broad SMARTS) is 1. The van der Waals surface area contributed by atoms with E-state index >= 15 is 0 Å². The summed E-state index contributed by atoms with van der Waals surface area (Å²) in [6.07, 6.45) is 1.38. The summed E-state index contributed by atoms with van der Waals surface area (Å²) in [5.74, 6) is -0.939. The topological polar surface area (TPSA) is 50.2 Å². The van der Waals surface area contributed by atoms with Gasteiger partial charge in [0.25, 0.3) is 0 Å². The Labute approximate surface area is 98.5 Å². The first kappa shape index (κ1) is 10.3. The normalized spacial score (nSPS) is 10.2. The first-order chi connectivity index (χ1) is 7.18. The van der Waals surface area contributed by atoms with Crippen LogP contribution in [0.1, 0.15) is 9.67 Å². The van der Waals surface area contributed by atoms with Crippen LogP contribution in [0.4, 0.5) is 0 Å². The van der Waals surface area contributed by atoms with Gasteiger partial charge in [-0.1, -0.05) is 34.1 Å². The highest BCUT2D eigenvalue weighted by molar-refractivity contribution is 9.10. The summed E-state index contributed by atoms with van der Waals surface area (Å²) in [6, 6.07) is 7.59. The molecule has 1 N–H and O–H groups in total. The molecular formula is C10H6BrNO2S. The van der Waals surface area contributed by atoms with Gasteiger partial charge in [0.05, 0.1) is 6.20 Å². The molecule has 0 saturated carbocycles. The number of rotatable bonds is 2. The van der Waals surface area contributed by atoms with Crippen LogP contribution in [-0.2, 0) is 0 Å². The van der Waals surface area contributed by atoms with E-state index < -0.39 is 5.97 Å². The van der Waals surface area contributed by atoms with Crippen molar-refractivity contribution in [3.63, 3.8) is 0 Å². The summed E-state index contributed by atoms with van der Waals surface area (Å²) in [5.41, 5.74) is 0.912. The van der Waals surface area contributed by atoms with Gasteiger partial charge in [0.2, 0.25) is 0 Å². The highest BCUT2D eigenvalue weighted by Crippen LogP contribution is 2.30. The van der Waals surface area contributed by atoms with Crippen molar-refractivity contribution in [1.29, 1.82) is 0 Å². The van der Waals surface area contributed by atoms with Gasteiger partial charge in [-0.15, -0.1) is 11.3 Å². The Bertz CT molecular complexity index is 510. The van der Waals surface area contributed by atoms with Crippen molar-refractivity contribution >= 4 is 33.2 Å². The number of aromatic carboxylic acids is 1. The number of carbonyl (C=O) groups is 1. The highest BCUT2D eigenvalue weighted by Gasteiger charge is 2.11. The summed E-state index contributed by atoms with van der Waals surface area (Å²) in [4.78, 5) is 15.0. The number of thiazole rings is 1. The summed E-state index contributed by atoms with van der Waals surface area (Å²) in [5, 5.41) is 9.48. The van der Waals surface area contributed by atoms with Gasteiger partial charge in [-0.2, -0.15) is 0 Å². The zero-order chi connectivity index (χ0) is 10.8. The van der Waals surface area contributed by atoms with Crippen molar-refractivity contribution in [2.45, 2.75) is 0 Å². The van der Waals surface area contributed by atoms with E-state index in [0.29, 0.717) is 5.01 Å². The predicted octanol–water partition coefficient (Wildman–Crippen LogP) is 3.27. The molecule has 76 valence electrons. The van der Waals surface area contributed by atoms with Crippen LogP contribution < -0.4 is 0 Å². The second-order valence-corrected chi connectivity index (χ2v) is 4.70. The van der Waals surface area contributed by atoms with E-state index in [1.807, 2.05) is 24.3 Å². The van der Waals surface area contributed by atoms with Gasteiger partial charge in [0.1, 0.15) is 9.88 Å². The third-order valence-corrected chi connectivity index (χ3v) is 3.53.